The van der Waals surface area contributed by atoms with Crippen LogP contribution < -0.4 is 15.2 Å². The lowest BCUT2D eigenvalue weighted by molar-refractivity contribution is 0.270. The highest BCUT2D eigenvalue weighted by Gasteiger charge is 2.24. The van der Waals surface area contributed by atoms with Crippen molar-refractivity contribution in [2.45, 2.75) is 13.8 Å². The zero-order valence-electron chi connectivity index (χ0n) is 10.2. The Labute approximate surface area is 106 Å². The molecule has 98 valence electrons. The number of benzene rings is 1. The summed E-state index contributed by atoms with van der Waals surface area (Å²) in [5.41, 5.74) is 6.57. The van der Waals surface area contributed by atoms with E-state index in [1.165, 1.54) is 0 Å². The summed E-state index contributed by atoms with van der Waals surface area (Å²) in [6.45, 7) is 4.57. The van der Waals surface area contributed by atoms with Crippen molar-refractivity contribution < 1.29 is 13.2 Å². The van der Waals surface area contributed by atoms with Crippen LogP contribution in [-0.2, 0) is 10.2 Å². The van der Waals surface area contributed by atoms with Gasteiger partial charge in [0.2, 0.25) is 0 Å². The molecule has 1 aliphatic heterocycles. The number of hydrogen-bond acceptors (Lipinski definition) is 4. The predicted octanol–water partition coefficient (Wildman–Crippen LogP) is 1.10. The van der Waals surface area contributed by atoms with Gasteiger partial charge in [-0.05, 0) is 18.1 Å². The van der Waals surface area contributed by atoms with Gasteiger partial charge in [0.25, 0.3) is 0 Å². The molecule has 1 aromatic carbocycles. The Bertz CT molecular complexity index is 594. The summed E-state index contributed by atoms with van der Waals surface area (Å²) in [5.74, 6) is 0.840. The van der Waals surface area contributed by atoms with Crippen LogP contribution in [0.15, 0.2) is 22.6 Å². The van der Waals surface area contributed by atoms with E-state index < -0.39 is 10.2 Å². The van der Waals surface area contributed by atoms with Crippen LogP contribution in [0.2, 0.25) is 0 Å². The Morgan fingerprint density at radius 3 is 2.83 bits per heavy atom. The molecule has 6 nitrogen and oxygen atoms in total. The van der Waals surface area contributed by atoms with Crippen LogP contribution in [0.5, 0.6) is 5.75 Å². The average molecular weight is 269 g/mol. The number of anilines is 1. The quantitative estimate of drug-likeness (QED) is 0.859. The lowest BCUT2D eigenvalue weighted by Crippen LogP contribution is -2.27. The van der Waals surface area contributed by atoms with Gasteiger partial charge >= 0.3 is 10.2 Å². The largest absolute Gasteiger partial charge is 0.492 e. The van der Waals surface area contributed by atoms with Crippen molar-refractivity contribution in [2.75, 3.05) is 11.3 Å². The number of hydrogen-bond donors (Lipinski definition) is 2. The normalized spacial score (nSPS) is 16.7. The van der Waals surface area contributed by atoms with E-state index in [4.69, 9.17) is 10.5 Å². The molecule has 0 saturated carbocycles. The second-order valence-corrected chi connectivity index (χ2v) is 5.77. The van der Waals surface area contributed by atoms with Gasteiger partial charge in [0, 0.05) is 0 Å². The number of nitrogens with one attached hydrogen (secondary N) is 1. The van der Waals surface area contributed by atoms with Crippen LogP contribution in [0.1, 0.15) is 19.4 Å². The van der Waals surface area contributed by atoms with E-state index in [9.17, 15) is 8.42 Å². The van der Waals surface area contributed by atoms with Gasteiger partial charge in [-0.1, -0.05) is 19.9 Å². The number of rotatable bonds is 3. The molecule has 0 saturated heterocycles. The van der Waals surface area contributed by atoms with Gasteiger partial charge in [-0.3, -0.25) is 4.72 Å². The molecule has 0 fully saturated rings. The Morgan fingerprint density at radius 2 is 2.17 bits per heavy atom. The molecule has 18 heavy (non-hydrogen) atoms. The van der Waals surface area contributed by atoms with Gasteiger partial charge in [-0.15, -0.1) is 4.40 Å². The first-order chi connectivity index (χ1) is 8.39. The minimum Gasteiger partial charge on any atom is -0.492 e. The van der Waals surface area contributed by atoms with Gasteiger partial charge in [0.15, 0.2) is 5.84 Å². The van der Waals surface area contributed by atoms with E-state index in [1.807, 2.05) is 13.8 Å². The third-order valence-corrected chi connectivity index (χ3v) is 3.23. The molecule has 1 aliphatic rings. The average Bonchev–Trinajstić information content (AvgIpc) is 2.23. The van der Waals surface area contributed by atoms with Crippen molar-refractivity contribution in [3.8, 4) is 5.75 Å². The van der Waals surface area contributed by atoms with Crippen LogP contribution >= 0.6 is 0 Å². The minimum atomic E-state index is -3.74. The maximum absolute atomic E-state index is 11.4. The molecule has 0 amide bonds. The van der Waals surface area contributed by atoms with Crippen molar-refractivity contribution >= 4 is 21.7 Å². The fourth-order valence-electron chi connectivity index (χ4n) is 1.59. The number of amidine groups is 1. The van der Waals surface area contributed by atoms with Crippen LogP contribution in [0.25, 0.3) is 0 Å². The zero-order chi connectivity index (χ0) is 13.3. The molecule has 0 atom stereocenters. The van der Waals surface area contributed by atoms with Gasteiger partial charge in [-0.2, -0.15) is 8.42 Å². The highest BCUT2D eigenvalue weighted by atomic mass is 32.2. The van der Waals surface area contributed by atoms with Crippen molar-refractivity contribution in [3.05, 3.63) is 23.8 Å². The Morgan fingerprint density at radius 1 is 1.44 bits per heavy atom. The standard InChI is InChI=1S/C11H15N3O3S/c1-7(2)6-17-9-5-3-4-8-10(9)11(12)14-18(15,16)13-8/h3-5,7,13H,6H2,1-2H3,(H2,12,14). The molecule has 1 aromatic rings. The molecule has 0 aromatic heterocycles. The first-order valence-corrected chi connectivity index (χ1v) is 6.97. The molecule has 7 heteroatoms. The third kappa shape index (κ3) is 2.56. The maximum Gasteiger partial charge on any atom is 0.344 e. The number of fused-ring (bicyclic) bond motifs is 1. The molecule has 0 spiro atoms. The zero-order valence-corrected chi connectivity index (χ0v) is 11.0. The van der Waals surface area contributed by atoms with Crippen LogP contribution in [0, 0.1) is 5.92 Å². The van der Waals surface area contributed by atoms with Crippen molar-refractivity contribution in [2.24, 2.45) is 16.0 Å². The van der Waals surface area contributed by atoms with E-state index in [0.29, 0.717) is 29.5 Å². The summed E-state index contributed by atoms with van der Waals surface area (Å²) >= 11 is 0. The monoisotopic (exact) mass is 269 g/mol. The smallest absolute Gasteiger partial charge is 0.344 e. The Kier molecular flexibility index (Phi) is 3.16. The number of nitrogens with two attached hydrogens (primary N) is 1. The summed E-state index contributed by atoms with van der Waals surface area (Å²) in [7, 11) is -3.74. The van der Waals surface area contributed by atoms with E-state index in [-0.39, 0.29) is 5.84 Å². The van der Waals surface area contributed by atoms with Crippen molar-refractivity contribution in [1.29, 1.82) is 0 Å². The van der Waals surface area contributed by atoms with Gasteiger partial charge < -0.3 is 10.5 Å². The topological polar surface area (TPSA) is 93.8 Å². The molecular formula is C11H15N3O3S. The Balaban J connectivity index is 2.42. The molecule has 1 heterocycles. The fraction of sp³-hybridized carbons (Fsp3) is 0.364. The fourth-order valence-corrected chi connectivity index (χ4v) is 2.44. The van der Waals surface area contributed by atoms with Gasteiger partial charge in [0.05, 0.1) is 17.9 Å². The van der Waals surface area contributed by atoms with E-state index in [2.05, 4.69) is 9.12 Å². The summed E-state index contributed by atoms with van der Waals surface area (Å²) in [6.07, 6.45) is 0. The highest BCUT2D eigenvalue weighted by Crippen LogP contribution is 2.30. The first-order valence-electron chi connectivity index (χ1n) is 5.53. The maximum atomic E-state index is 11.4. The second kappa shape index (κ2) is 4.49. The van der Waals surface area contributed by atoms with Crippen molar-refractivity contribution in [3.63, 3.8) is 0 Å². The van der Waals surface area contributed by atoms with Gasteiger partial charge in [-0.25, -0.2) is 0 Å². The van der Waals surface area contributed by atoms with Gasteiger partial charge in [0.1, 0.15) is 5.75 Å². The predicted molar refractivity (Wildman–Crippen MR) is 70.0 cm³/mol. The molecule has 0 radical (unpaired) electrons. The number of nitrogens with zero attached hydrogens (tertiary/aromatic N) is 1. The third-order valence-electron chi connectivity index (χ3n) is 2.31. The summed E-state index contributed by atoms with van der Waals surface area (Å²) in [5, 5.41) is 0. The van der Waals surface area contributed by atoms with E-state index in [1.54, 1.807) is 18.2 Å². The Hall–Kier alpha value is -1.76. The lowest BCUT2D eigenvalue weighted by atomic mass is 10.1. The first kappa shape index (κ1) is 12.7. The highest BCUT2D eigenvalue weighted by molar-refractivity contribution is 7.91. The molecule has 2 rings (SSSR count). The van der Waals surface area contributed by atoms with Crippen LogP contribution in [0.4, 0.5) is 5.69 Å². The molecule has 0 unspecified atom stereocenters. The summed E-state index contributed by atoms with van der Waals surface area (Å²) < 4.78 is 34.1. The summed E-state index contributed by atoms with van der Waals surface area (Å²) in [6, 6.07) is 5.06. The molecule has 3 N–H and O–H groups in total. The van der Waals surface area contributed by atoms with Crippen LogP contribution in [0.3, 0.4) is 0 Å². The SMILES string of the molecule is CC(C)COc1cccc2c1C(N)=NS(=O)(=O)N2. The molecular weight excluding hydrogens is 254 g/mol. The van der Waals surface area contributed by atoms with E-state index in [0.717, 1.165) is 0 Å². The van der Waals surface area contributed by atoms with E-state index >= 15 is 0 Å². The second-order valence-electron chi connectivity index (χ2n) is 4.44. The van der Waals surface area contributed by atoms with Crippen molar-refractivity contribution in [1.82, 2.24) is 0 Å². The van der Waals surface area contributed by atoms with Crippen LogP contribution in [-0.4, -0.2) is 20.9 Å². The number of ether oxygens (including phenoxy) is 1. The molecule has 0 aliphatic carbocycles. The minimum absolute atomic E-state index is 0.0527. The molecule has 0 bridgehead atoms. The summed E-state index contributed by atoms with van der Waals surface area (Å²) in [4.78, 5) is 0. The lowest BCUT2D eigenvalue weighted by Gasteiger charge is -2.19.